The van der Waals surface area contributed by atoms with Gasteiger partial charge in [0.05, 0.1) is 28.9 Å². The summed E-state index contributed by atoms with van der Waals surface area (Å²) in [5.41, 5.74) is -1.03. The van der Waals surface area contributed by atoms with Crippen LogP contribution < -0.4 is 5.32 Å². The predicted octanol–water partition coefficient (Wildman–Crippen LogP) is 6.26. The van der Waals surface area contributed by atoms with Gasteiger partial charge in [0.2, 0.25) is 0 Å². The van der Waals surface area contributed by atoms with Crippen LogP contribution in [0.2, 0.25) is 0 Å². The maximum atomic E-state index is 13.0. The minimum atomic E-state index is -4.52. The number of nitrogens with zero attached hydrogens (tertiary/aromatic N) is 3. The normalized spacial score (nSPS) is 12.1. The largest absolute Gasteiger partial charge is 0.477 e. The van der Waals surface area contributed by atoms with Crippen LogP contribution in [0.4, 0.5) is 37.8 Å². The molecule has 0 saturated heterocycles. The van der Waals surface area contributed by atoms with E-state index in [4.69, 9.17) is 0 Å². The molecule has 0 aliphatic carbocycles. The number of halogens is 6. The summed E-state index contributed by atoms with van der Waals surface area (Å²) in [6.07, 6.45) is -8.92. The van der Waals surface area contributed by atoms with Crippen LogP contribution in [-0.4, -0.2) is 32.2 Å². The fraction of sp³-hybridized carbons (Fsp3) is 0.130. The highest BCUT2D eigenvalue weighted by atomic mass is 19.4. The SMILES string of the molecule is O=C(O)c1cc2nc(-c3ncccc3CC(F)(F)F)ccc2c(Nc2ccc(C(F)(F)F)cc2)n1. The predicted molar refractivity (Wildman–Crippen MR) is 114 cm³/mol. The fourth-order valence-electron chi connectivity index (χ4n) is 3.37. The van der Waals surface area contributed by atoms with Crippen molar-refractivity contribution >= 4 is 28.4 Å². The van der Waals surface area contributed by atoms with Gasteiger partial charge >= 0.3 is 18.3 Å². The van der Waals surface area contributed by atoms with E-state index in [0.29, 0.717) is 5.39 Å². The number of alkyl halides is 6. The summed E-state index contributed by atoms with van der Waals surface area (Å²) >= 11 is 0. The van der Waals surface area contributed by atoms with Gasteiger partial charge < -0.3 is 10.4 Å². The first-order valence-corrected chi connectivity index (χ1v) is 9.91. The molecule has 0 atom stereocenters. The summed E-state index contributed by atoms with van der Waals surface area (Å²) in [6, 6.07) is 10.7. The Hall–Kier alpha value is -4.22. The third kappa shape index (κ3) is 5.48. The maximum Gasteiger partial charge on any atom is 0.416 e. The Kier molecular flexibility index (Phi) is 6.05. The molecule has 0 amide bonds. The number of nitrogens with one attached hydrogen (secondary N) is 1. The van der Waals surface area contributed by atoms with Crippen LogP contribution in [0.25, 0.3) is 22.3 Å². The fourth-order valence-corrected chi connectivity index (χ4v) is 3.37. The van der Waals surface area contributed by atoms with Gasteiger partial charge in [0, 0.05) is 17.3 Å². The van der Waals surface area contributed by atoms with E-state index in [1.54, 1.807) is 0 Å². The van der Waals surface area contributed by atoms with E-state index in [1.165, 1.54) is 30.5 Å². The lowest BCUT2D eigenvalue weighted by Gasteiger charge is -2.13. The van der Waals surface area contributed by atoms with Crippen molar-refractivity contribution < 1.29 is 36.2 Å². The third-order valence-electron chi connectivity index (χ3n) is 4.90. The Labute approximate surface area is 193 Å². The Morgan fingerprint density at radius 2 is 1.66 bits per heavy atom. The number of carboxylic acid groups (broad SMARTS) is 1. The number of fused-ring (bicyclic) bond motifs is 1. The van der Waals surface area contributed by atoms with E-state index in [0.717, 1.165) is 30.3 Å². The van der Waals surface area contributed by atoms with Crippen molar-refractivity contribution in [3.05, 3.63) is 77.6 Å². The van der Waals surface area contributed by atoms with Gasteiger partial charge in [-0.3, -0.25) is 4.98 Å². The quantitative estimate of drug-likeness (QED) is 0.320. The summed E-state index contributed by atoms with van der Waals surface area (Å²) in [7, 11) is 0. The standard InChI is InChI=1S/C23H14F6N4O2/c24-22(25,26)11-12-2-1-9-30-19(12)16-8-7-15-17(32-16)10-18(21(34)35)33-20(15)31-14-5-3-13(4-6-14)23(27,28)29/h1-10H,11H2,(H,31,33)(H,34,35). The first-order valence-electron chi connectivity index (χ1n) is 9.91. The van der Waals surface area contributed by atoms with Crippen LogP contribution in [0, 0.1) is 0 Å². The Morgan fingerprint density at radius 3 is 2.29 bits per heavy atom. The number of aromatic carboxylic acids is 1. The Balaban J connectivity index is 1.78. The topological polar surface area (TPSA) is 88.0 Å². The van der Waals surface area contributed by atoms with E-state index < -0.39 is 36.0 Å². The molecule has 0 bridgehead atoms. The highest BCUT2D eigenvalue weighted by molar-refractivity contribution is 5.97. The first kappa shape index (κ1) is 23.9. The number of benzene rings is 1. The summed E-state index contributed by atoms with van der Waals surface area (Å²) in [5.74, 6) is -1.40. The molecule has 35 heavy (non-hydrogen) atoms. The molecule has 0 saturated carbocycles. The van der Waals surface area contributed by atoms with Crippen LogP contribution in [-0.2, 0) is 12.6 Å². The van der Waals surface area contributed by atoms with Crippen molar-refractivity contribution in [1.82, 2.24) is 15.0 Å². The van der Waals surface area contributed by atoms with Gasteiger partial charge in [-0.15, -0.1) is 0 Å². The lowest BCUT2D eigenvalue weighted by atomic mass is 10.1. The number of hydrogen-bond acceptors (Lipinski definition) is 5. The second-order valence-corrected chi connectivity index (χ2v) is 7.43. The third-order valence-corrected chi connectivity index (χ3v) is 4.90. The zero-order valence-electron chi connectivity index (χ0n) is 17.4. The van der Waals surface area contributed by atoms with Gasteiger partial charge in [0.15, 0.2) is 5.69 Å². The van der Waals surface area contributed by atoms with Crippen LogP contribution in [0.15, 0.2) is 60.8 Å². The van der Waals surface area contributed by atoms with E-state index >= 15 is 0 Å². The summed E-state index contributed by atoms with van der Waals surface area (Å²) in [5, 5.41) is 12.5. The second kappa shape index (κ2) is 8.85. The lowest BCUT2D eigenvalue weighted by molar-refractivity contribution is -0.137. The molecule has 0 spiro atoms. The molecule has 4 rings (SSSR count). The molecule has 0 fully saturated rings. The van der Waals surface area contributed by atoms with Crippen molar-refractivity contribution in [2.24, 2.45) is 0 Å². The molecule has 4 aromatic rings. The summed E-state index contributed by atoms with van der Waals surface area (Å²) in [6.45, 7) is 0. The zero-order chi connectivity index (χ0) is 25.4. The molecule has 180 valence electrons. The number of pyridine rings is 3. The minimum absolute atomic E-state index is 0.00440. The highest BCUT2D eigenvalue weighted by Crippen LogP contribution is 2.33. The van der Waals surface area contributed by atoms with Crippen molar-refractivity contribution in [3.63, 3.8) is 0 Å². The van der Waals surface area contributed by atoms with Crippen LogP contribution >= 0.6 is 0 Å². The molecule has 3 heterocycles. The van der Waals surface area contributed by atoms with E-state index in [1.807, 2.05) is 0 Å². The van der Waals surface area contributed by atoms with Gasteiger partial charge in [-0.2, -0.15) is 26.3 Å². The highest BCUT2D eigenvalue weighted by Gasteiger charge is 2.30. The molecule has 0 aliphatic heterocycles. The first-order chi connectivity index (χ1) is 16.4. The number of carboxylic acids is 1. The molecule has 12 heteroatoms. The van der Waals surface area contributed by atoms with Gasteiger partial charge in [0.1, 0.15) is 5.82 Å². The molecule has 2 N–H and O–H groups in total. The van der Waals surface area contributed by atoms with Crippen molar-refractivity contribution in [1.29, 1.82) is 0 Å². The van der Waals surface area contributed by atoms with Gasteiger partial charge in [-0.1, -0.05) is 6.07 Å². The molecule has 6 nitrogen and oxygen atoms in total. The van der Waals surface area contributed by atoms with E-state index in [2.05, 4.69) is 20.3 Å². The molecule has 0 unspecified atom stereocenters. The average molecular weight is 492 g/mol. The molecule has 3 aromatic heterocycles. The molecule has 0 radical (unpaired) electrons. The summed E-state index contributed by atoms with van der Waals surface area (Å²) in [4.78, 5) is 23.9. The minimum Gasteiger partial charge on any atom is -0.477 e. The Bertz CT molecular complexity index is 1400. The molecular formula is C23H14F6N4O2. The van der Waals surface area contributed by atoms with Crippen molar-refractivity contribution in [3.8, 4) is 11.4 Å². The molecule has 1 aromatic carbocycles. The lowest BCUT2D eigenvalue weighted by Crippen LogP contribution is -2.13. The second-order valence-electron chi connectivity index (χ2n) is 7.43. The Morgan fingerprint density at radius 1 is 0.943 bits per heavy atom. The summed E-state index contributed by atoms with van der Waals surface area (Å²) < 4.78 is 77.4. The molecular weight excluding hydrogens is 478 g/mol. The number of rotatable bonds is 5. The number of aromatic nitrogens is 3. The zero-order valence-corrected chi connectivity index (χ0v) is 17.4. The van der Waals surface area contributed by atoms with Gasteiger partial charge in [0.25, 0.3) is 0 Å². The average Bonchev–Trinajstić information content (AvgIpc) is 2.77. The number of hydrogen-bond donors (Lipinski definition) is 2. The smallest absolute Gasteiger partial charge is 0.416 e. The number of anilines is 2. The van der Waals surface area contributed by atoms with Crippen molar-refractivity contribution in [2.75, 3.05) is 5.32 Å². The monoisotopic (exact) mass is 492 g/mol. The van der Waals surface area contributed by atoms with E-state index in [-0.39, 0.29) is 34.0 Å². The van der Waals surface area contributed by atoms with Crippen LogP contribution in [0.5, 0.6) is 0 Å². The molecule has 0 aliphatic rings. The number of carbonyl (C=O) groups is 1. The van der Waals surface area contributed by atoms with Gasteiger partial charge in [-0.05, 0) is 54.1 Å². The van der Waals surface area contributed by atoms with Crippen molar-refractivity contribution in [2.45, 2.75) is 18.8 Å². The van der Waals surface area contributed by atoms with E-state index in [9.17, 15) is 36.2 Å². The maximum absolute atomic E-state index is 13.0. The van der Waals surface area contributed by atoms with Gasteiger partial charge in [-0.25, -0.2) is 14.8 Å². The van der Waals surface area contributed by atoms with Crippen LogP contribution in [0.3, 0.4) is 0 Å². The van der Waals surface area contributed by atoms with Crippen LogP contribution in [0.1, 0.15) is 21.6 Å².